The molecule has 0 bridgehead atoms. The van der Waals surface area contributed by atoms with Crippen molar-refractivity contribution in [1.29, 1.82) is 0 Å². The van der Waals surface area contributed by atoms with Crippen molar-refractivity contribution in [3.05, 3.63) is 95.8 Å². The molecule has 4 rings (SSSR count). The number of aryl methyl sites for hydroxylation is 2. The summed E-state index contributed by atoms with van der Waals surface area (Å²) in [4.78, 5) is 0. The molecule has 0 unspecified atom stereocenters. The number of hydrogen-bond acceptors (Lipinski definition) is 2. The van der Waals surface area contributed by atoms with Crippen LogP contribution in [0.25, 0.3) is 21.9 Å². The lowest BCUT2D eigenvalue weighted by atomic mass is 9.97. The number of fused-ring (bicyclic) bond motifs is 1. The normalized spacial score (nSPS) is 11.6. The first-order valence-electron chi connectivity index (χ1n) is 12.6. The van der Waals surface area contributed by atoms with Gasteiger partial charge in [-0.15, -0.1) is 0 Å². The monoisotopic (exact) mass is 510 g/mol. The van der Waals surface area contributed by atoms with Crippen LogP contribution in [0.5, 0.6) is 11.5 Å². The highest BCUT2D eigenvalue weighted by Crippen LogP contribution is 2.29. The molecule has 0 aliphatic heterocycles. The number of alkyl halides is 3. The summed E-state index contributed by atoms with van der Waals surface area (Å²) in [7, 11) is 0. The van der Waals surface area contributed by atoms with Crippen molar-refractivity contribution in [3.8, 4) is 22.6 Å². The second-order valence-electron chi connectivity index (χ2n) is 9.10. The van der Waals surface area contributed by atoms with Crippen LogP contribution < -0.4 is 9.47 Å². The summed E-state index contributed by atoms with van der Waals surface area (Å²) in [5.41, 5.74) is 3.54. The molecule has 0 aromatic heterocycles. The van der Waals surface area contributed by atoms with E-state index < -0.39 is 12.8 Å². The van der Waals surface area contributed by atoms with Crippen LogP contribution in [-0.4, -0.2) is 19.4 Å². The Hall–Kier alpha value is -3.54. The SMILES string of the molecule is CCCCCOc1ccc(-c2ccc3c(F)c(CCc4ccc(OCC(F)(F)F)cc4)ccc3c2)cc1. The molecular weight excluding hydrogens is 480 g/mol. The van der Waals surface area contributed by atoms with Crippen LogP contribution in [0.2, 0.25) is 0 Å². The van der Waals surface area contributed by atoms with Gasteiger partial charge in [0.05, 0.1) is 6.61 Å². The van der Waals surface area contributed by atoms with Crippen LogP contribution >= 0.6 is 0 Å². The predicted molar refractivity (Wildman–Crippen MR) is 140 cm³/mol. The summed E-state index contributed by atoms with van der Waals surface area (Å²) in [5.74, 6) is 0.757. The Balaban J connectivity index is 1.39. The number of benzene rings is 4. The minimum absolute atomic E-state index is 0.155. The Bertz CT molecular complexity index is 1300. The van der Waals surface area contributed by atoms with E-state index in [2.05, 4.69) is 6.92 Å². The first-order chi connectivity index (χ1) is 17.8. The van der Waals surface area contributed by atoms with Crippen LogP contribution in [0.3, 0.4) is 0 Å². The number of ether oxygens (including phenoxy) is 2. The summed E-state index contributed by atoms with van der Waals surface area (Å²) in [6.45, 7) is 1.55. The van der Waals surface area contributed by atoms with Gasteiger partial charge in [-0.05, 0) is 77.2 Å². The van der Waals surface area contributed by atoms with Crippen LogP contribution in [0, 0.1) is 5.82 Å². The van der Waals surface area contributed by atoms with Gasteiger partial charge in [-0.2, -0.15) is 13.2 Å². The Morgan fingerprint density at radius 1 is 0.703 bits per heavy atom. The standard InChI is InChI=1S/C31H30F4O2/c1-2-3-4-19-36-27-16-11-23(12-17-27)25-13-18-29-26(20-25)10-9-24(30(29)32)8-5-22-6-14-28(15-7-22)37-21-31(33,34)35/h6-7,9-18,20H,2-5,8,19,21H2,1H3. The van der Waals surface area contributed by atoms with E-state index in [1.807, 2.05) is 48.5 Å². The Labute approximate surface area is 214 Å². The second-order valence-corrected chi connectivity index (χ2v) is 9.10. The number of halogens is 4. The zero-order valence-corrected chi connectivity index (χ0v) is 20.8. The van der Waals surface area contributed by atoms with Crippen molar-refractivity contribution in [2.45, 2.75) is 45.2 Å². The van der Waals surface area contributed by atoms with Gasteiger partial charge in [0.1, 0.15) is 17.3 Å². The third-order valence-corrected chi connectivity index (χ3v) is 6.25. The minimum atomic E-state index is -4.37. The maximum absolute atomic E-state index is 15.3. The Kier molecular flexibility index (Phi) is 8.70. The molecule has 4 aromatic carbocycles. The molecule has 2 nitrogen and oxygen atoms in total. The number of hydrogen-bond donors (Lipinski definition) is 0. The molecule has 0 aliphatic carbocycles. The zero-order valence-electron chi connectivity index (χ0n) is 20.8. The van der Waals surface area contributed by atoms with Crippen molar-refractivity contribution in [1.82, 2.24) is 0 Å². The van der Waals surface area contributed by atoms with Gasteiger partial charge < -0.3 is 9.47 Å². The zero-order chi connectivity index (χ0) is 26.3. The molecule has 0 heterocycles. The van der Waals surface area contributed by atoms with Gasteiger partial charge in [-0.3, -0.25) is 0 Å². The van der Waals surface area contributed by atoms with E-state index in [0.717, 1.165) is 47.1 Å². The van der Waals surface area contributed by atoms with Crippen molar-refractivity contribution in [2.75, 3.05) is 13.2 Å². The number of rotatable bonds is 11. The molecule has 0 N–H and O–H groups in total. The van der Waals surface area contributed by atoms with Crippen molar-refractivity contribution >= 4 is 10.8 Å². The lowest BCUT2D eigenvalue weighted by molar-refractivity contribution is -0.153. The smallest absolute Gasteiger partial charge is 0.422 e. The van der Waals surface area contributed by atoms with Crippen molar-refractivity contribution < 1.29 is 27.0 Å². The molecule has 194 valence electrons. The highest BCUT2D eigenvalue weighted by Gasteiger charge is 2.28. The summed E-state index contributed by atoms with van der Waals surface area (Å²) in [6, 6.07) is 23.8. The van der Waals surface area contributed by atoms with E-state index in [1.165, 1.54) is 12.1 Å². The molecule has 0 amide bonds. The molecule has 0 saturated carbocycles. The first kappa shape index (κ1) is 26.5. The molecule has 6 heteroatoms. The molecule has 0 fully saturated rings. The Morgan fingerprint density at radius 2 is 1.38 bits per heavy atom. The highest BCUT2D eigenvalue weighted by molar-refractivity contribution is 5.88. The molecule has 0 aliphatic rings. The van der Waals surface area contributed by atoms with Crippen LogP contribution in [0.4, 0.5) is 17.6 Å². The maximum Gasteiger partial charge on any atom is 0.422 e. The molecule has 0 saturated heterocycles. The van der Waals surface area contributed by atoms with Gasteiger partial charge in [0, 0.05) is 5.39 Å². The van der Waals surface area contributed by atoms with E-state index in [4.69, 9.17) is 9.47 Å². The summed E-state index contributed by atoms with van der Waals surface area (Å²) < 4.78 is 62.7. The van der Waals surface area contributed by atoms with Crippen molar-refractivity contribution in [3.63, 3.8) is 0 Å². The largest absolute Gasteiger partial charge is 0.494 e. The highest BCUT2D eigenvalue weighted by atomic mass is 19.4. The maximum atomic E-state index is 15.3. The molecule has 37 heavy (non-hydrogen) atoms. The van der Waals surface area contributed by atoms with E-state index in [-0.39, 0.29) is 11.6 Å². The molecular formula is C31H30F4O2. The average Bonchev–Trinajstić information content (AvgIpc) is 2.90. The topological polar surface area (TPSA) is 18.5 Å². The fourth-order valence-electron chi connectivity index (χ4n) is 4.19. The van der Waals surface area contributed by atoms with Crippen LogP contribution in [0.1, 0.15) is 37.3 Å². The lowest BCUT2D eigenvalue weighted by Gasteiger charge is -2.11. The van der Waals surface area contributed by atoms with Gasteiger partial charge in [0.2, 0.25) is 0 Å². The third kappa shape index (κ3) is 7.48. The summed E-state index contributed by atoms with van der Waals surface area (Å²) in [6.07, 6.45) is 0.0273. The quantitative estimate of drug-likeness (QED) is 0.148. The van der Waals surface area contributed by atoms with E-state index in [1.54, 1.807) is 18.2 Å². The minimum Gasteiger partial charge on any atom is -0.494 e. The van der Waals surface area contributed by atoms with Gasteiger partial charge in [0.25, 0.3) is 0 Å². The molecule has 4 aromatic rings. The molecule has 0 spiro atoms. The predicted octanol–water partition coefficient (Wildman–Crippen LogP) is 8.94. The third-order valence-electron chi connectivity index (χ3n) is 6.25. The second kappa shape index (κ2) is 12.1. The van der Waals surface area contributed by atoms with Crippen LogP contribution in [-0.2, 0) is 12.8 Å². The molecule has 0 radical (unpaired) electrons. The summed E-state index contributed by atoms with van der Waals surface area (Å²) in [5, 5.41) is 1.39. The molecule has 0 atom stereocenters. The number of unbranched alkanes of at least 4 members (excludes halogenated alkanes) is 2. The van der Waals surface area contributed by atoms with Gasteiger partial charge in [0.15, 0.2) is 6.61 Å². The summed E-state index contributed by atoms with van der Waals surface area (Å²) >= 11 is 0. The fraction of sp³-hybridized carbons (Fsp3) is 0.290. The van der Waals surface area contributed by atoms with Gasteiger partial charge >= 0.3 is 6.18 Å². The Morgan fingerprint density at radius 3 is 2.08 bits per heavy atom. The lowest BCUT2D eigenvalue weighted by Crippen LogP contribution is -2.19. The van der Waals surface area contributed by atoms with E-state index >= 15 is 4.39 Å². The van der Waals surface area contributed by atoms with Gasteiger partial charge in [-0.1, -0.05) is 68.3 Å². The van der Waals surface area contributed by atoms with Crippen LogP contribution in [0.15, 0.2) is 78.9 Å². The van der Waals surface area contributed by atoms with Crippen molar-refractivity contribution in [2.24, 2.45) is 0 Å². The van der Waals surface area contributed by atoms with Gasteiger partial charge in [-0.25, -0.2) is 4.39 Å². The average molecular weight is 511 g/mol. The van der Waals surface area contributed by atoms with E-state index in [0.29, 0.717) is 30.4 Å². The van der Waals surface area contributed by atoms with E-state index in [9.17, 15) is 13.2 Å². The fourth-order valence-corrected chi connectivity index (χ4v) is 4.19. The first-order valence-corrected chi connectivity index (χ1v) is 12.6.